The molecule has 0 saturated heterocycles. The van der Waals surface area contributed by atoms with Gasteiger partial charge in [0.25, 0.3) is 5.69 Å². The molecule has 0 heterocycles. The van der Waals surface area contributed by atoms with E-state index in [0.717, 1.165) is 17.0 Å². The predicted molar refractivity (Wildman–Crippen MR) is 76.5 cm³/mol. The first-order chi connectivity index (χ1) is 9.58. The molecule has 0 amide bonds. The van der Waals surface area contributed by atoms with Crippen molar-refractivity contribution in [1.82, 2.24) is 0 Å². The maximum Gasteiger partial charge on any atom is 0.272 e. The SMILES string of the molecule is O=[N+]([O-])c1cc(F)cc(COc2ccc(CBr)cc2)c1. The van der Waals surface area contributed by atoms with E-state index in [1.165, 1.54) is 12.1 Å². The lowest BCUT2D eigenvalue weighted by Crippen LogP contribution is -1.98. The van der Waals surface area contributed by atoms with Crippen LogP contribution in [0.3, 0.4) is 0 Å². The molecule has 20 heavy (non-hydrogen) atoms. The van der Waals surface area contributed by atoms with Crippen LogP contribution in [-0.4, -0.2) is 4.92 Å². The van der Waals surface area contributed by atoms with Gasteiger partial charge in [-0.1, -0.05) is 28.1 Å². The Labute approximate surface area is 123 Å². The van der Waals surface area contributed by atoms with Crippen LogP contribution in [0.15, 0.2) is 42.5 Å². The van der Waals surface area contributed by atoms with Gasteiger partial charge in [-0.15, -0.1) is 0 Å². The van der Waals surface area contributed by atoms with Crippen LogP contribution in [-0.2, 0) is 11.9 Å². The molecule has 2 rings (SSSR count). The summed E-state index contributed by atoms with van der Waals surface area (Å²) in [7, 11) is 0. The summed E-state index contributed by atoms with van der Waals surface area (Å²) in [6.07, 6.45) is 0. The molecule has 0 atom stereocenters. The summed E-state index contributed by atoms with van der Waals surface area (Å²) < 4.78 is 18.7. The van der Waals surface area contributed by atoms with Crippen LogP contribution >= 0.6 is 15.9 Å². The van der Waals surface area contributed by atoms with Gasteiger partial charge < -0.3 is 4.74 Å². The van der Waals surface area contributed by atoms with Crippen LogP contribution in [0.1, 0.15) is 11.1 Å². The molecule has 0 radical (unpaired) electrons. The summed E-state index contributed by atoms with van der Waals surface area (Å²) in [6.45, 7) is 0.0757. The van der Waals surface area contributed by atoms with Gasteiger partial charge in [-0.05, 0) is 29.3 Å². The van der Waals surface area contributed by atoms with Crippen molar-refractivity contribution in [2.24, 2.45) is 0 Å². The zero-order valence-corrected chi connectivity index (χ0v) is 12.0. The van der Waals surface area contributed by atoms with E-state index < -0.39 is 10.7 Å². The van der Waals surface area contributed by atoms with Gasteiger partial charge in [-0.25, -0.2) is 4.39 Å². The molecule has 0 aliphatic carbocycles. The molecular formula is C14H11BrFNO3. The van der Waals surface area contributed by atoms with E-state index in [1.807, 2.05) is 12.1 Å². The van der Waals surface area contributed by atoms with Gasteiger partial charge in [-0.3, -0.25) is 10.1 Å². The zero-order valence-electron chi connectivity index (χ0n) is 10.4. The van der Waals surface area contributed by atoms with Crippen molar-refractivity contribution in [3.63, 3.8) is 0 Å². The summed E-state index contributed by atoms with van der Waals surface area (Å²) in [5.41, 5.74) is 1.25. The Morgan fingerprint density at radius 1 is 1.15 bits per heavy atom. The minimum Gasteiger partial charge on any atom is -0.489 e. The topological polar surface area (TPSA) is 52.4 Å². The van der Waals surface area contributed by atoms with Gasteiger partial charge >= 0.3 is 0 Å². The molecule has 0 aliphatic heterocycles. The second-order valence-electron chi connectivity index (χ2n) is 4.14. The van der Waals surface area contributed by atoms with Crippen molar-refractivity contribution in [2.75, 3.05) is 0 Å². The normalized spacial score (nSPS) is 10.3. The Morgan fingerprint density at radius 3 is 2.45 bits per heavy atom. The number of nitro groups is 1. The monoisotopic (exact) mass is 339 g/mol. The Balaban J connectivity index is 2.08. The van der Waals surface area contributed by atoms with Crippen LogP contribution in [0.2, 0.25) is 0 Å². The molecule has 0 saturated carbocycles. The highest BCUT2D eigenvalue weighted by atomic mass is 79.9. The van der Waals surface area contributed by atoms with E-state index in [4.69, 9.17) is 4.74 Å². The molecule has 0 N–H and O–H groups in total. The molecule has 104 valence electrons. The Morgan fingerprint density at radius 2 is 1.85 bits per heavy atom. The van der Waals surface area contributed by atoms with Crippen molar-refractivity contribution >= 4 is 21.6 Å². The van der Waals surface area contributed by atoms with E-state index in [0.29, 0.717) is 11.3 Å². The molecule has 2 aromatic rings. The zero-order chi connectivity index (χ0) is 14.5. The number of hydrogen-bond donors (Lipinski definition) is 0. The maximum atomic E-state index is 13.2. The van der Waals surface area contributed by atoms with Gasteiger partial charge in [-0.2, -0.15) is 0 Å². The number of nitrogens with zero attached hydrogens (tertiary/aromatic N) is 1. The Kier molecular flexibility index (Phi) is 4.68. The molecule has 0 aliphatic rings. The number of non-ortho nitro benzene ring substituents is 1. The Hall–Kier alpha value is -1.95. The third kappa shape index (κ3) is 3.77. The highest BCUT2D eigenvalue weighted by Gasteiger charge is 2.10. The lowest BCUT2D eigenvalue weighted by atomic mass is 10.2. The Bertz CT molecular complexity index is 616. The minimum absolute atomic E-state index is 0.0757. The number of rotatable bonds is 5. The maximum absolute atomic E-state index is 13.2. The fraction of sp³-hybridized carbons (Fsp3) is 0.143. The van der Waals surface area contributed by atoms with Crippen molar-refractivity contribution in [3.8, 4) is 5.75 Å². The molecule has 0 aromatic heterocycles. The lowest BCUT2D eigenvalue weighted by Gasteiger charge is -2.07. The molecule has 4 nitrogen and oxygen atoms in total. The van der Waals surface area contributed by atoms with Crippen LogP contribution in [0.25, 0.3) is 0 Å². The number of ether oxygens (including phenoxy) is 1. The van der Waals surface area contributed by atoms with Crippen LogP contribution in [0.5, 0.6) is 5.75 Å². The number of hydrogen-bond acceptors (Lipinski definition) is 3. The molecule has 0 unspecified atom stereocenters. The molecule has 0 bridgehead atoms. The van der Waals surface area contributed by atoms with Crippen molar-refractivity contribution < 1.29 is 14.1 Å². The second kappa shape index (κ2) is 6.47. The van der Waals surface area contributed by atoms with Gasteiger partial charge in [0.1, 0.15) is 18.2 Å². The largest absolute Gasteiger partial charge is 0.489 e. The standard InChI is InChI=1S/C14H11BrFNO3/c15-8-10-1-3-14(4-2-10)20-9-11-5-12(16)7-13(6-11)17(18)19/h1-7H,8-9H2. The summed E-state index contributed by atoms with van der Waals surface area (Å²) in [5.74, 6) is -0.0194. The number of nitro benzene ring substituents is 1. The summed E-state index contributed by atoms with van der Waals surface area (Å²) >= 11 is 3.34. The van der Waals surface area contributed by atoms with E-state index in [1.54, 1.807) is 12.1 Å². The van der Waals surface area contributed by atoms with E-state index >= 15 is 0 Å². The smallest absolute Gasteiger partial charge is 0.272 e. The van der Waals surface area contributed by atoms with Gasteiger partial charge in [0, 0.05) is 11.4 Å². The van der Waals surface area contributed by atoms with Crippen molar-refractivity contribution in [3.05, 3.63) is 69.5 Å². The molecular weight excluding hydrogens is 329 g/mol. The number of halogens is 2. The molecule has 6 heteroatoms. The van der Waals surface area contributed by atoms with E-state index in [-0.39, 0.29) is 12.3 Å². The third-order valence-corrected chi connectivity index (χ3v) is 3.28. The average Bonchev–Trinajstić information content (AvgIpc) is 2.45. The summed E-state index contributed by atoms with van der Waals surface area (Å²) in [6, 6.07) is 10.8. The summed E-state index contributed by atoms with van der Waals surface area (Å²) in [5, 5.41) is 11.4. The summed E-state index contributed by atoms with van der Waals surface area (Å²) in [4.78, 5) is 10.0. The first-order valence-corrected chi connectivity index (χ1v) is 6.92. The van der Waals surface area contributed by atoms with Crippen molar-refractivity contribution in [1.29, 1.82) is 0 Å². The number of benzene rings is 2. The highest BCUT2D eigenvalue weighted by Crippen LogP contribution is 2.19. The lowest BCUT2D eigenvalue weighted by molar-refractivity contribution is -0.385. The van der Waals surface area contributed by atoms with Crippen LogP contribution in [0.4, 0.5) is 10.1 Å². The van der Waals surface area contributed by atoms with Gasteiger partial charge in [0.15, 0.2) is 0 Å². The minimum atomic E-state index is -0.646. The molecule has 0 spiro atoms. The second-order valence-corrected chi connectivity index (χ2v) is 4.70. The fourth-order valence-electron chi connectivity index (χ4n) is 1.66. The molecule has 2 aromatic carbocycles. The average molecular weight is 340 g/mol. The van der Waals surface area contributed by atoms with Gasteiger partial charge in [0.05, 0.1) is 11.0 Å². The molecule has 0 fully saturated rings. The quantitative estimate of drug-likeness (QED) is 0.465. The fourth-order valence-corrected chi connectivity index (χ4v) is 2.04. The first kappa shape index (κ1) is 14.5. The van der Waals surface area contributed by atoms with Crippen LogP contribution < -0.4 is 4.74 Å². The third-order valence-electron chi connectivity index (χ3n) is 2.64. The van der Waals surface area contributed by atoms with Gasteiger partial charge in [0.2, 0.25) is 0 Å². The predicted octanol–water partition coefficient (Wildman–Crippen LogP) is 4.21. The van der Waals surface area contributed by atoms with E-state index in [9.17, 15) is 14.5 Å². The van der Waals surface area contributed by atoms with Crippen molar-refractivity contribution in [2.45, 2.75) is 11.9 Å². The van der Waals surface area contributed by atoms with E-state index in [2.05, 4.69) is 15.9 Å². The highest BCUT2D eigenvalue weighted by molar-refractivity contribution is 9.08. The number of alkyl halides is 1. The first-order valence-electron chi connectivity index (χ1n) is 5.80. The van der Waals surface area contributed by atoms with Crippen LogP contribution in [0, 0.1) is 15.9 Å².